The molecule has 4 N–H and O–H groups in total. The van der Waals surface area contributed by atoms with Crippen LogP contribution >= 0.6 is 0 Å². The van der Waals surface area contributed by atoms with E-state index in [0.29, 0.717) is 13.0 Å². The van der Waals surface area contributed by atoms with Gasteiger partial charge in [0.1, 0.15) is 17.8 Å². The number of hydrogen-bond donors (Lipinski definition) is 4. The van der Waals surface area contributed by atoms with Crippen molar-refractivity contribution < 1.29 is 28.8 Å². The quantitative estimate of drug-likeness (QED) is 0.265. The second-order valence-electron chi connectivity index (χ2n) is 11.7. The van der Waals surface area contributed by atoms with Crippen molar-refractivity contribution in [2.75, 3.05) is 19.6 Å². The molecule has 3 rings (SSSR count). The Morgan fingerprint density at radius 1 is 1.00 bits per heavy atom. The van der Waals surface area contributed by atoms with Crippen LogP contribution in [0.3, 0.4) is 0 Å². The fourth-order valence-corrected chi connectivity index (χ4v) is 4.64. The third-order valence-corrected chi connectivity index (χ3v) is 7.07. The lowest BCUT2D eigenvalue weighted by Crippen LogP contribution is -2.59. The molecule has 13 nitrogen and oxygen atoms in total. The van der Waals surface area contributed by atoms with Gasteiger partial charge in [0, 0.05) is 25.0 Å². The van der Waals surface area contributed by atoms with Crippen molar-refractivity contribution in [3.63, 3.8) is 0 Å². The summed E-state index contributed by atoms with van der Waals surface area (Å²) in [6.07, 6.45) is 6.28. The number of nitrogens with zero attached hydrogens (tertiary/aromatic N) is 3. The van der Waals surface area contributed by atoms with Crippen LogP contribution in [0.2, 0.25) is 0 Å². The molecule has 1 aliphatic heterocycles. The Balaban J connectivity index is 1.67. The average molecular weight is 558 g/mol. The van der Waals surface area contributed by atoms with Crippen LogP contribution in [-0.2, 0) is 24.0 Å². The number of aromatic nitrogens is 2. The summed E-state index contributed by atoms with van der Waals surface area (Å²) in [5, 5.41) is 10.3. The second-order valence-corrected chi connectivity index (χ2v) is 11.7. The molecule has 1 aliphatic carbocycles. The van der Waals surface area contributed by atoms with Gasteiger partial charge >= 0.3 is 0 Å². The van der Waals surface area contributed by atoms with Crippen LogP contribution in [0.5, 0.6) is 0 Å². The summed E-state index contributed by atoms with van der Waals surface area (Å²) in [4.78, 5) is 85.5. The van der Waals surface area contributed by atoms with Gasteiger partial charge in [-0.25, -0.2) is 4.98 Å². The molecule has 2 aliphatic rings. The lowest BCUT2D eigenvalue weighted by molar-refractivity contribution is -0.145. The topological polar surface area (TPSA) is 180 Å². The molecule has 0 aromatic carbocycles. The minimum absolute atomic E-state index is 0.0188. The Labute approximate surface area is 233 Å². The standard InChI is InChI=1S/C27H39N7O6/c1-15(2)17-8-11-34(21(17)25(39)30-13-19(35)24(38)32-16-6-7-16)26(40)22(27(3,4)5)33-20(36)14-31-23(37)18-12-28-9-10-29-18/h9-10,12,15-17,21-22H,6-8,11,13-14H2,1-5H3,(H,30,39)(H,31,37)(H,32,38)(H,33,36)/t17-,21+,22-/m1/s1. The van der Waals surface area contributed by atoms with Crippen molar-refractivity contribution >= 4 is 35.3 Å². The van der Waals surface area contributed by atoms with E-state index in [1.807, 2.05) is 13.8 Å². The maximum atomic E-state index is 13.8. The van der Waals surface area contributed by atoms with Gasteiger partial charge in [-0.3, -0.25) is 33.8 Å². The van der Waals surface area contributed by atoms with Crippen LogP contribution in [0.15, 0.2) is 18.6 Å². The lowest BCUT2D eigenvalue weighted by atomic mass is 9.84. The zero-order valence-corrected chi connectivity index (χ0v) is 23.7. The van der Waals surface area contributed by atoms with Crippen LogP contribution in [0.4, 0.5) is 0 Å². The van der Waals surface area contributed by atoms with Crippen molar-refractivity contribution in [1.29, 1.82) is 0 Å². The molecule has 5 amide bonds. The highest BCUT2D eigenvalue weighted by Crippen LogP contribution is 2.33. The normalized spacial score (nSPS) is 19.5. The van der Waals surface area contributed by atoms with Crippen LogP contribution < -0.4 is 21.3 Å². The summed E-state index contributed by atoms with van der Waals surface area (Å²) in [6.45, 7) is 8.71. The summed E-state index contributed by atoms with van der Waals surface area (Å²) >= 11 is 0. The van der Waals surface area contributed by atoms with E-state index in [2.05, 4.69) is 31.2 Å². The molecule has 0 bridgehead atoms. The maximum absolute atomic E-state index is 13.8. The summed E-state index contributed by atoms with van der Waals surface area (Å²) in [5.41, 5.74) is -0.678. The first-order valence-electron chi connectivity index (χ1n) is 13.5. The fourth-order valence-electron chi connectivity index (χ4n) is 4.64. The molecule has 1 saturated carbocycles. The van der Waals surface area contributed by atoms with E-state index in [0.717, 1.165) is 12.8 Å². The van der Waals surface area contributed by atoms with Gasteiger partial charge < -0.3 is 26.2 Å². The van der Waals surface area contributed by atoms with E-state index in [1.165, 1.54) is 23.5 Å². The first-order chi connectivity index (χ1) is 18.8. The number of carbonyl (C=O) groups excluding carboxylic acids is 6. The van der Waals surface area contributed by atoms with Crippen LogP contribution in [-0.4, -0.2) is 87.9 Å². The van der Waals surface area contributed by atoms with E-state index in [4.69, 9.17) is 0 Å². The van der Waals surface area contributed by atoms with Crippen molar-refractivity contribution in [3.05, 3.63) is 24.3 Å². The van der Waals surface area contributed by atoms with Crippen LogP contribution in [0, 0.1) is 17.3 Å². The van der Waals surface area contributed by atoms with E-state index in [9.17, 15) is 28.8 Å². The first-order valence-corrected chi connectivity index (χ1v) is 13.5. The van der Waals surface area contributed by atoms with Crippen molar-refractivity contribution in [1.82, 2.24) is 36.1 Å². The zero-order valence-electron chi connectivity index (χ0n) is 23.7. The fraction of sp³-hybridized carbons (Fsp3) is 0.630. The van der Waals surface area contributed by atoms with E-state index >= 15 is 0 Å². The molecule has 0 spiro atoms. The number of nitrogens with one attached hydrogen (secondary N) is 4. The van der Waals surface area contributed by atoms with Crippen molar-refractivity contribution in [3.8, 4) is 0 Å². The minimum atomic E-state index is -0.999. The van der Waals surface area contributed by atoms with E-state index < -0.39 is 65.9 Å². The Morgan fingerprint density at radius 2 is 1.70 bits per heavy atom. The summed E-state index contributed by atoms with van der Waals surface area (Å²) in [6, 6.07) is -1.85. The van der Waals surface area contributed by atoms with Gasteiger partial charge in [-0.05, 0) is 36.5 Å². The van der Waals surface area contributed by atoms with Gasteiger partial charge in [0.05, 0.1) is 19.3 Å². The Morgan fingerprint density at radius 3 is 2.27 bits per heavy atom. The molecule has 0 radical (unpaired) electrons. The van der Waals surface area contributed by atoms with Gasteiger partial charge in [0.15, 0.2) is 0 Å². The smallest absolute Gasteiger partial charge is 0.289 e. The second kappa shape index (κ2) is 13.0. The monoisotopic (exact) mass is 557 g/mol. The lowest BCUT2D eigenvalue weighted by Gasteiger charge is -2.36. The molecule has 1 aromatic heterocycles. The summed E-state index contributed by atoms with van der Waals surface area (Å²) < 4.78 is 0. The van der Waals surface area contributed by atoms with E-state index in [1.54, 1.807) is 20.8 Å². The Bertz CT molecular complexity index is 1130. The van der Waals surface area contributed by atoms with Gasteiger partial charge in [0.25, 0.3) is 11.8 Å². The highest BCUT2D eigenvalue weighted by Gasteiger charge is 2.47. The molecule has 218 valence electrons. The van der Waals surface area contributed by atoms with Crippen LogP contribution in [0.1, 0.15) is 64.4 Å². The molecular formula is C27H39N7O6. The Kier molecular flexibility index (Phi) is 9.93. The van der Waals surface area contributed by atoms with Gasteiger partial charge in [-0.2, -0.15) is 0 Å². The first kappa shape index (κ1) is 30.6. The molecule has 40 heavy (non-hydrogen) atoms. The molecule has 1 aromatic rings. The number of Topliss-reactive ketones (excluding diaryl/α,β-unsaturated/α-hetero) is 1. The number of rotatable bonds is 11. The molecule has 13 heteroatoms. The minimum Gasteiger partial charge on any atom is -0.347 e. The summed E-state index contributed by atoms with van der Waals surface area (Å²) in [5.74, 6) is -3.74. The third kappa shape index (κ3) is 8.06. The van der Waals surface area contributed by atoms with E-state index in [-0.39, 0.29) is 23.6 Å². The molecule has 2 heterocycles. The number of amides is 5. The number of carbonyl (C=O) groups is 6. The maximum Gasteiger partial charge on any atom is 0.289 e. The van der Waals surface area contributed by atoms with Gasteiger partial charge in [-0.1, -0.05) is 34.6 Å². The van der Waals surface area contributed by atoms with Gasteiger partial charge in [-0.15, -0.1) is 0 Å². The van der Waals surface area contributed by atoms with Crippen LogP contribution in [0.25, 0.3) is 0 Å². The predicted octanol–water partition coefficient (Wildman–Crippen LogP) is -0.426. The number of ketones is 1. The molecule has 2 fully saturated rings. The Hall–Kier alpha value is -3.90. The van der Waals surface area contributed by atoms with Crippen molar-refractivity contribution in [2.45, 2.75) is 72.0 Å². The third-order valence-electron chi connectivity index (χ3n) is 7.07. The van der Waals surface area contributed by atoms with Crippen molar-refractivity contribution in [2.24, 2.45) is 17.3 Å². The number of hydrogen-bond acceptors (Lipinski definition) is 8. The molecule has 1 saturated heterocycles. The average Bonchev–Trinajstić information content (AvgIpc) is 3.60. The highest BCUT2D eigenvalue weighted by molar-refractivity contribution is 6.37. The van der Waals surface area contributed by atoms with Gasteiger partial charge in [0.2, 0.25) is 23.5 Å². The summed E-state index contributed by atoms with van der Waals surface area (Å²) in [7, 11) is 0. The number of likely N-dealkylation sites (tertiary alicyclic amines) is 1. The molecule has 3 atom stereocenters. The predicted molar refractivity (Wildman–Crippen MR) is 143 cm³/mol. The molecular weight excluding hydrogens is 518 g/mol. The largest absolute Gasteiger partial charge is 0.347 e. The molecule has 0 unspecified atom stereocenters. The SMILES string of the molecule is CC(C)[C@H]1CCN(C(=O)[C@@H](NC(=O)CNC(=O)c2cnccn2)C(C)(C)C)[C@@H]1C(=O)NCC(=O)C(=O)NC1CC1. The zero-order chi connectivity index (χ0) is 29.6. The highest BCUT2D eigenvalue weighted by atomic mass is 16.2.